The lowest BCUT2D eigenvalue weighted by atomic mass is 10.2. The van der Waals surface area contributed by atoms with Crippen molar-refractivity contribution in [3.63, 3.8) is 0 Å². The molecule has 0 aromatic heterocycles. The van der Waals surface area contributed by atoms with Gasteiger partial charge >= 0.3 is 0 Å². The number of terminal acetylenes is 1. The molecule has 0 aliphatic carbocycles. The second-order valence-electron chi connectivity index (χ2n) is 4.53. The minimum absolute atomic E-state index is 0.0496. The van der Waals surface area contributed by atoms with E-state index >= 15 is 0 Å². The van der Waals surface area contributed by atoms with E-state index in [0.29, 0.717) is 6.54 Å². The van der Waals surface area contributed by atoms with Crippen LogP contribution in [0.25, 0.3) is 0 Å². The van der Waals surface area contributed by atoms with Gasteiger partial charge in [0.15, 0.2) is 0 Å². The van der Waals surface area contributed by atoms with Gasteiger partial charge in [0.2, 0.25) is 10.0 Å². The number of sulfonamides is 1. The molecule has 1 aromatic carbocycles. The lowest BCUT2D eigenvalue weighted by Gasteiger charge is -2.22. The van der Waals surface area contributed by atoms with Crippen molar-refractivity contribution in [1.29, 1.82) is 0 Å². The molecule has 0 radical (unpaired) electrons. The van der Waals surface area contributed by atoms with Gasteiger partial charge in [-0.25, -0.2) is 8.42 Å². The summed E-state index contributed by atoms with van der Waals surface area (Å²) in [7, 11) is -3.54. The summed E-state index contributed by atoms with van der Waals surface area (Å²) in [6, 6.07) is 6.76. The molecule has 0 saturated heterocycles. The molecule has 0 aliphatic heterocycles. The Balaban J connectivity index is 3.09. The fourth-order valence-corrected chi connectivity index (χ4v) is 3.06. The molecule has 1 aromatic rings. The van der Waals surface area contributed by atoms with Gasteiger partial charge in [0, 0.05) is 6.54 Å². The summed E-state index contributed by atoms with van der Waals surface area (Å²) >= 11 is 0. The first-order valence-electron chi connectivity index (χ1n) is 6.04. The first-order valence-corrected chi connectivity index (χ1v) is 7.48. The highest BCUT2D eigenvalue weighted by Gasteiger charge is 2.24. The van der Waals surface area contributed by atoms with E-state index in [9.17, 15) is 8.42 Å². The molecular weight excluding hydrogens is 258 g/mol. The average molecular weight is 277 g/mol. The van der Waals surface area contributed by atoms with Crippen LogP contribution >= 0.6 is 0 Å². The van der Waals surface area contributed by atoms with Gasteiger partial charge in [0.25, 0.3) is 0 Å². The normalized spacial score (nSPS) is 12.9. The van der Waals surface area contributed by atoms with Gasteiger partial charge in [-0.1, -0.05) is 36.6 Å². The van der Waals surface area contributed by atoms with Crippen molar-refractivity contribution in [2.45, 2.75) is 18.7 Å². The Hall–Kier alpha value is -1.57. The molecule has 0 heterocycles. The Kier molecular flexibility index (Phi) is 5.34. The minimum Gasteiger partial charge on any atom is -0.207 e. The van der Waals surface area contributed by atoms with E-state index in [2.05, 4.69) is 12.5 Å². The topological polar surface area (TPSA) is 37.4 Å². The van der Waals surface area contributed by atoms with E-state index in [-0.39, 0.29) is 17.4 Å². The molecule has 1 rings (SSSR count). The van der Waals surface area contributed by atoms with Gasteiger partial charge in [-0.3, -0.25) is 0 Å². The second kappa shape index (κ2) is 6.55. The molecular formula is C15H19NO2S. The van der Waals surface area contributed by atoms with Gasteiger partial charge in [-0.2, -0.15) is 4.31 Å². The highest BCUT2D eigenvalue weighted by Crippen LogP contribution is 2.17. The van der Waals surface area contributed by atoms with Crippen molar-refractivity contribution in [3.8, 4) is 12.3 Å². The van der Waals surface area contributed by atoms with Crippen molar-refractivity contribution in [3.05, 3.63) is 42.5 Å². The SMILES string of the molecule is C#CCN(C[C@@H](C)C=C)S(=O)(=O)c1ccc(C)cc1. The van der Waals surface area contributed by atoms with Gasteiger partial charge in [0.05, 0.1) is 11.4 Å². The zero-order valence-corrected chi connectivity index (χ0v) is 12.2. The Morgan fingerprint density at radius 3 is 2.47 bits per heavy atom. The predicted molar refractivity (Wildman–Crippen MR) is 78.1 cm³/mol. The van der Waals surface area contributed by atoms with Gasteiger partial charge in [0.1, 0.15) is 0 Å². The van der Waals surface area contributed by atoms with Crippen LogP contribution in [0, 0.1) is 25.2 Å². The standard InChI is InChI=1S/C15H19NO2S/c1-5-11-16(12-13(3)6-2)19(17,18)15-9-7-14(4)8-10-15/h1,6-10,13H,2,11-12H2,3-4H3/t13-/m0/s1. The van der Waals surface area contributed by atoms with Gasteiger partial charge in [-0.05, 0) is 25.0 Å². The van der Waals surface area contributed by atoms with Crippen LogP contribution < -0.4 is 0 Å². The largest absolute Gasteiger partial charge is 0.243 e. The van der Waals surface area contributed by atoms with Crippen LogP contribution in [0.2, 0.25) is 0 Å². The number of benzene rings is 1. The number of hydrogen-bond acceptors (Lipinski definition) is 2. The van der Waals surface area contributed by atoms with Crippen molar-refractivity contribution >= 4 is 10.0 Å². The quantitative estimate of drug-likeness (QED) is 0.591. The molecule has 0 aliphatic rings. The molecule has 19 heavy (non-hydrogen) atoms. The minimum atomic E-state index is -3.54. The maximum Gasteiger partial charge on any atom is 0.243 e. The van der Waals surface area contributed by atoms with Crippen LogP contribution in [0.15, 0.2) is 41.8 Å². The third kappa shape index (κ3) is 3.95. The monoisotopic (exact) mass is 277 g/mol. The van der Waals surface area contributed by atoms with Gasteiger partial charge < -0.3 is 0 Å². The second-order valence-corrected chi connectivity index (χ2v) is 6.47. The molecule has 0 bridgehead atoms. The number of rotatable bonds is 6. The fourth-order valence-electron chi connectivity index (χ4n) is 1.60. The highest BCUT2D eigenvalue weighted by atomic mass is 32.2. The molecule has 4 heteroatoms. The fraction of sp³-hybridized carbons (Fsp3) is 0.333. The molecule has 0 fully saturated rings. The molecule has 1 atom stereocenters. The maximum absolute atomic E-state index is 12.5. The van der Waals surface area contributed by atoms with E-state index in [1.54, 1.807) is 30.3 Å². The lowest BCUT2D eigenvalue weighted by molar-refractivity contribution is 0.414. The molecule has 0 spiro atoms. The molecule has 0 N–H and O–H groups in total. The molecule has 0 saturated carbocycles. The summed E-state index contributed by atoms with van der Waals surface area (Å²) in [4.78, 5) is 0.268. The Morgan fingerprint density at radius 1 is 1.42 bits per heavy atom. The number of hydrogen-bond donors (Lipinski definition) is 0. The lowest BCUT2D eigenvalue weighted by Crippen LogP contribution is -2.34. The first-order chi connectivity index (χ1) is 8.91. The van der Waals surface area contributed by atoms with Crippen LogP contribution in [-0.2, 0) is 10.0 Å². The summed E-state index contributed by atoms with van der Waals surface area (Å²) in [6.07, 6.45) is 6.98. The van der Waals surface area contributed by atoms with Crippen LogP contribution in [0.5, 0.6) is 0 Å². The van der Waals surface area contributed by atoms with Crippen molar-refractivity contribution < 1.29 is 8.42 Å². The molecule has 3 nitrogen and oxygen atoms in total. The van der Waals surface area contributed by atoms with Gasteiger partial charge in [-0.15, -0.1) is 13.0 Å². The van der Waals surface area contributed by atoms with Crippen LogP contribution in [-0.4, -0.2) is 25.8 Å². The summed E-state index contributed by atoms with van der Waals surface area (Å²) in [5.74, 6) is 2.45. The van der Waals surface area contributed by atoms with E-state index in [1.165, 1.54) is 4.31 Å². The van der Waals surface area contributed by atoms with E-state index in [4.69, 9.17) is 6.42 Å². The van der Waals surface area contributed by atoms with Crippen LogP contribution in [0.1, 0.15) is 12.5 Å². The summed E-state index contributed by atoms with van der Waals surface area (Å²) in [6.45, 7) is 7.88. The highest BCUT2D eigenvalue weighted by molar-refractivity contribution is 7.89. The Morgan fingerprint density at radius 2 is 2.00 bits per heavy atom. The molecule has 0 unspecified atom stereocenters. The smallest absolute Gasteiger partial charge is 0.207 e. The zero-order chi connectivity index (χ0) is 14.5. The van der Waals surface area contributed by atoms with E-state index in [0.717, 1.165) is 5.56 Å². The summed E-state index contributed by atoms with van der Waals surface area (Å²) < 4.78 is 26.3. The van der Waals surface area contributed by atoms with Crippen molar-refractivity contribution in [1.82, 2.24) is 4.31 Å². The zero-order valence-electron chi connectivity index (χ0n) is 11.3. The molecule has 102 valence electrons. The first kappa shape index (κ1) is 15.5. The maximum atomic E-state index is 12.5. The van der Waals surface area contributed by atoms with Crippen molar-refractivity contribution in [2.24, 2.45) is 5.92 Å². The Labute approximate surface area is 116 Å². The number of aryl methyl sites for hydroxylation is 1. The van der Waals surface area contributed by atoms with E-state index < -0.39 is 10.0 Å². The predicted octanol–water partition coefficient (Wildman–Crippen LogP) is 2.44. The third-order valence-electron chi connectivity index (χ3n) is 2.82. The average Bonchev–Trinajstić information content (AvgIpc) is 2.38. The van der Waals surface area contributed by atoms with E-state index in [1.807, 2.05) is 13.8 Å². The summed E-state index contributed by atoms with van der Waals surface area (Å²) in [5, 5.41) is 0. The van der Waals surface area contributed by atoms with Crippen LogP contribution in [0.4, 0.5) is 0 Å². The number of nitrogens with zero attached hydrogens (tertiary/aromatic N) is 1. The van der Waals surface area contributed by atoms with Crippen LogP contribution in [0.3, 0.4) is 0 Å². The Bertz CT molecular complexity index is 567. The van der Waals surface area contributed by atoms with Crippen molar-refractivity contribution in [2.75, 3.05) is 13.1 Å². The molecule has 0 amide bonds. The summed E-state index contributed by atoms with van der Waals surface area (Å²) in [5.41, 5.74) is 1.02. The third-order valence-corrected chi connectivity index (χ3v) is 4.65.